The van der Waals surface area contributed by atoms with Gasteiger partial charge in [0.25, 0.3) is 17.5 Å². The first-order chi connectivity index (χ1) is 26.7. The summed E-state index contributed by atoms with van der Waals surface area (Å²) in [7, 11) is -3.93. The van der Waals surface area contributed by atoms with Gasteiger partial charge in [-0.15, -0.1) is 6.58 Å². The Morgan fingerprint density at radius 3 is 2.57 bits per heavy atom. The number of halogens is 1. The van der Waals surface area contributed by atoms with Crippen molar-refractivity contribution in [2.24, 2.45) is 17.8 Å². The summed E-state index contributed by atoms with van der Waals surface area (Å²) in [6.45, 7) is 5.68. The van der Waals surface area contributed by atoms with E-state index in [9.17, 15) is 32.4 Å². The van der Waals surface area contributed by atoms with Crippen LogP contribution in [0.1, 0.15) is 77.6 Å². The third kappa shape index (κ3) is 7.41. The number of hydrogen-bond acceptors (Lipinski definition) is 10. The van der Waals surface area contributed by atoms with Gasteiger partial charge in [-0.1, -0.05) is 42.7 Å². The lowest BCUT2D eigenvalue weighted by Crippen LogP contribution is -2.59. The maximum absolute atomic E-state index is 14.8. The Morgan fingerprint density at radius 2 is 1.86 bits per heavy atom. The van der Waals surface area contributed by atoms with Crippen LogP contribution in [-0.4, -0.2) is 87.8 Å². The average Bonchev–Trinajstić information content (AvgIpc) is 4.10. The van der Waals surface area contributed by atoms with Gasteiger partial charge in [-0.2, -0.15) is 4.98 Å². The Morgan fingerprint density at radius 1 is 1.09 bits per heavy atom. The monoisotopic (exact) mass is 810 g/mol. The van der Waals surface area contributed by atoms with Crippen molar-refractivity contribution in [2.75, 3.05) is 6.54 Å². The quantitative estimate of drug-likeness (QED) is 0.349. The number of rotatable bonds is 7. The minimum Gasteiger partial charge on any atom is -0.459 e. The van der Waals surface area contributed by atoms with E-state index < -0.39 is 74.3 Å². The summed E-state index contributed by atoms with van der Waals surface area (Å²) >= 11 is 6.28. The molecule has 1 aromatic carbocycles. The van der Waals surface area contributed by atoms with E-state index in [1.54, 1.807) is 18.2 Å². The van der Waals surface area contributed by atoms with Crippen LogP contribution in [0, 0.1) is 17.8 Å². The summed E-state index contributed by atoms with van der Waals surface area (Å²) in [5, 5.41) is 5.72. The number of benzene rings is 1. The molecule has 2 aliphatic heterocycles. The Kier molecular flexibility index (Phi) is 9.95. The van der Waals surface area contributed by atoms with Crippen molar-refractivity contribution in [2.45, 2.75) is 119 Å². The molecular weight excluding hydrogens is 764 g/mol. The van der Waals surface area contributed by atoms with E-state index >= 15 is 0 Å². The van der Waals surface area contributed by atoms with E-state index in [2.05, 4.69) is 26.9 Å². The maximum atomic E-state index is 14.8. The normalized spacial score (nSPS) is 32.8. The van der Waals surface area contributed by atoms with Crippen molar-refractivity contribution in [3.05, 3.63) is 58.4 Å². The minimum atomic E-state index is -3.93. The Labute approximate surface area is 329 Å². The highest BCUT2D eigenvalue weighted by Gasteiger charge is 2.62. The fourth-order valence-corrected chi connectivity index (χ4v) is 10.3. The lowest BCUT2D eigenvalue weighted by Gasteiger charge is -2.32. The van der Waals surface area contributed by atoms with Gasteiger partial charge in [0.15, 0.2) is 0 Å². The standard InChI is InChI=1S/C39H47ClN6O9S/c1-3-23-20-39(23,35(50)44-56(52,53)27-13-14-27)43-32(47)30-18-26-21-46(30)34(49)31(22-9-6-7-10-22)42-37(51)55-38(2)19-24(38)11-5-4-8-16-45-33(48)28-15-12-25(40)17-29(28)41-36(45)54-26/h3-4,8,12,15,17,22-24,26-27,30-31H,1,5-7,9-11,13-14,16,18-21H2,2H3,(H,42,51)(H,43,47)(H,44,50)/b8-4+/t23-,24-,26-,30+,31+,38-,39-/m1/s1. The molecule has 15 nitrogen and oxygen atoms in total. The van der Waals surface area contributed by atoms with Gasteiger partial charge >= 0.3 is 6.09 Å². The van der Waals surface area contributed by atoms with Crippen molar-refractivity contribution in [3.63, 3.8) is 0 Å². The number of sulfonamides is 1. The van der Waals surface area contributed by atoms with E-state index in [-0.39, 0.29) is 49.3 Å². The lowest BCUT2D eigenvalue weighted by atomic mass is 9.96. The molecule has 56 heavy (non-hydrogen) atoms. The topological polar surface area (TPSA) is 195 Å². The molecule has 300 valence electrons. The number of nitrogens with one attached hydrogen (secondary N) is 3. The molecule has 2 aromatic rings. The zero-order valence-electron chi connectivity index (χ0n) is 31.2. The third-order valence-corrected chi connectivity index (χ3v) is 14.5. The van der Waals surface area contributed by atoms with Gasteiger partial charge in [0.1, 0.15) is 29.3 Å². The van der Waals surface area contributed by atoms with Crippen molar-refractivity contribution in [1.82, 2.24) is 29.8 Å². The molecule has 4 saturated carbocycles. The van der Waals surface area contributed by atoms with Crippen molar-refractivity contribution < 1.29 is 37.1 Å². The number of aromatic nitrogens is 2. The van der Waals surface area contributed by atoms with Crippen molar-refractivity contribution in [3.8, 4) is 6.01 Å². The molecule has 4 aliphatic carbocycles. The van der Waals surface area contributed by atoms with E-state index in [4.69, 9.17) is 21.1 Å². The van der Waals surface area contributed by atoms with Crippen molar-refractivity contribution >= 4 is 56.3 Å². The van der Waals surface area contributed by atoms with Crippen LogP contribution in [0.3, 0.4) is 0 Å². The first kappa shape index (κ1) is 38.4. The van der Waals surface area contributed by atoms with Gasteiger partial charge in [0.05, 0.1) is 22.7 Å². The number of hydrogen-bond donors (Lipinski definition) is 3. The number of alkyl carbamates (subject to hydrolysis) is 1. The van der Waals surface area contributed by atoms with Crippen LogP contribution >= 0.6 is 11.6 Å². The molecule has 17 heteroatoms. The molecule has 0 spiro atoms. The van der Waals surface area contributed by atoms with Crippen LogP contribution < -0.4 is 25.7 Å². The largest absolute Gasteiger partial charge is 0.459 e. The fraction of sp³-hybridized carbons (Fsp3) is 0.590. The smallest absolute Gasteiger partial charge is 0.408 e. The van der Waals surface area contributed by atoms with Gasteiger partial charge in [0, 0.05) is 29.8 Å². The predicted molar refractivity (Wildman–Crippen MR) is 205 cm³/mol. The Hall–Kier alpha value is -4.44. The predicted octanol–water partition coefficient (Wildman–Crippen LogP) is 3.48. The second kappa shape index (κ2) is 14.5. The molecule has 5 fully saturated rings. The second-order valence-corrected chi connectivity index (χ2v) is 18.9. The molecule has 0 unspecified atom stereocenters. The zero-order valence-corrected chi connectivity index (χ0v) is 32.8. The van der Waals surface area contributed by atoms with Gasteiger partial charge < -0.3 is 25.0 Å². The summed E-state index contributed by atoms with van der Waals surface area (Å²) in [4.78, 5) is 76.2. The average molecular weight is 811 g/mol. The first-order valence-electron chi connectivity index (χ1n) is 19.5. The van der Waals surface area contributed by atoms with Crippen LogP contribution in [0.15, 0.2) is 47.8 Å². The third-order valence-electron chi connectivity index (χ3n) is 12.5. The fourth-order valence-electron chi connectivity index (χ4n) is 8.74. The summed E-state index contributed by atoms with van der Waals surface area (Å²) in [6, 6.07) is 2.55. The molecule has 8 rings (SSSR count). The summed E-state index contributed by atoms with van der Waals surface area (Å²) in [5.41, 5.74) is -2.32. The first-order valence-corrected chi connectivity index (χ1v) is 21.5. The molecule has 3 heterocycles. The second-order valence-electron chi connectivity index (χ2n) is 16.5. The Balaban J connectivity index is 1.15. The van der Waals surface area contributed by atoms with E-state index in [1.807, 2.05) is 19.1 Å². The lowest BCUT2D eigenvalue weighted by molar-refractivity contribution is -0.142. The molecule has 3 N–H and O–H groups in total. The summed E-state index contributed by atoms with van der Waals surface area (Å²) in [5.74, 6) is -2.72. The molecule has 2 bridgehead atoms. The Bertz CT molecular complexity index is 2190. The van der Waals surface area contributed by atoms with E-state index in [1.165, 1.54) is 15.5 Å². The number of nitrogens with zero attached hydrogens (tertiary/aromatic N) is 3. The molecular formula is C39H47ClN6O9S. The van der Waals surface area contributed by atoms with Crippen LogP contribution in [0.5, 0.6) is 6.01 Å². The van der Waals surface area contributed by atoms with Crippen LogP contribution in [0.4, 0.5) is 4.79 Å². The highest BCUT2D eigenvalue weighted by atomic mass is 35.5. The van der Waals surface area contributed by atoms with Gasteiger partial charge in [0.2, 0.25) is 21.8 Å². The molecule has 6 aliphatic rings. The highest BCUT2D eigenvalue weighted by Crippen LogP contribution is 2.50. The zero-order chi connectivity index (χ0) is 39.6. The molecule has 0 radical (unpaired) electrons. The molecule has 4 amide bonds. The van der Waals surface area contributed by atoms with E-state index in [0.717, 1.165) is 19.3 Å². The van der Waals surface area contributed by atoms with Crippen molar-refractivity contribution in [1.29, 1.82) is 0 Å². The summed E-state index contributed by atoms with van der Waals surface area (Å²) in [6.07, 6.45) is 9.91. The number of allylic oxidation sites excluding steroid dienone is 2. The number of ether oxygens (including phenoxy) is 2. The van der Waals surface area contributed by atoms with Gasteiger partial charge in [-0.3, -0.25) is 28.5 Å². The number of amides is 4. The number of carbonyl (C=O) groups is 4. The van der Waals surface area contributed by atoms with Gasteiger partial charge in [-0.25, -0.2) is 13.2 Å². The number of fused-ring (bicyclic) bond motifs is 5. The maximum Gasteiger partial charge on any atom is 0.408 e. The highest BCUT2D eigenvalue weighted by molar-refractivity contribution is 7.91. The van der Waals surface area contributed by atoms with Gasteiger partial charge in [-0.05, 0) is 82.4 Å². The molecule has 1 saturated heterocycles. The summed E-state index contributed by atoms with van der Waals surface area (Å²) < 4.78 is 41.5. The van der Waals surface area contributed by atoms with E-state index in [0.29, 0.717) is 54.5 Å². The molecule has 7 atom stereocenters. The number of carbonyl (C=O) groups excluding carboxylic acids is 4. The van der Waals surface area contributed by atoms with Crippen LogP contribution in [0.25, 0.3) is 10.9 Å². The minimum absolute atomic E-state index is 0.0205. The molecule has 1 aromatic heterocycles. The van der Waals surface area contributed by atoms with Crippen LogP contribution in [-0.2, 0) is 35.7 Å². The SMILES string of the molecule is C=C[C@@H]1C[C@]1(NC(=O)[C@@H]1C[C@@H]2CN1C(=O)[C@H](C1CCCC1)NC(=O)O[C@]1(C)C[C@H]1CC/C=C/Cn1c(nc3cc(Cl)ccc3c1=O)O2)C(=O)NS(=O)(=O)C1CC1. The van der Waals surface area contributed by atoms with Crippen LogP contribution in [0.2, 0.25) is 5.02 Å².